The van der Waals surface area contributed by atoms with Crippen LogP contribution in [-0.2, 0) is 28.7 Å². The van der Waals surface area contributed by atoms with Gasteiger partial charge >= 0.3 is 17.9 Å². The van der Waals surface area contributed by atoms with E-state index in [-0.39, 0.29) is 26.4 Å². The van der Waals surface area contributed by atoms with E-state index in [0.717, 1.165) is 0 Å². The van der Waals surface area contributed by atoms with Crippen LogP contribution in [0.1, 0.15) is 19.3 Å². The first-order valence-electron chi connectivity index (χ1n) is 9.86. The van der Waals surface area contributed by atoms with E-state index in [1.54, 1.807) is 0 Å². The van der Waals surface area contributed by atoms with Gasteiger partial charge < -0.3 is 50.3 Å². The van der Waals surface area contributed by atoms with E-state index >= 15 is 0 Å². The molecule has 0 aliphatic carbocycles. The van der Waals surface area contributed by atoms with E-state index in [1.807, 2.05) is 0 Å². The summed E-state index contributed by atoms with van der Waals surface area (Å²) in [5, 5.41) is 56.8. The maximum Gasteiger partial charge on any atom is 0.323 e. The fraction of sp³-hybridized carbons (Fsp3) is 0.778. The van der Waals surface area contributed by atoms with Crippen molar-refractivity contribution in [1.82, 2.24) is 10.2 Å². The number of aliphatic hydroxyl groups excluding tert-OH is 3. The Balaban J connectivity index is 4.24. The molecule has 0 heterocycles. The molecule has 14 nitrogen and oxygen atoms in total. The minimum atomic E-state index is -1.46. The van der Waals surface area contributed by atoms with Crippen molar-refractivity contribution in [3.8, 4) is 0 Å². The largest absolute Gasteiger partial charge is 0.480 e. The molecule has 0 radical (unpaired) electrons. The molecule has 0 saturated carbocycles. The molecule has 0 aliphatic rings. The number of hydrogen-bond acceptors (Lipinski definition) is 10. The minimum Gasteiger partial charge on any atom is -0.480 e. The van der Waals surface area contributed by atoms with Crippen molar-refractivity contribution < 1.29 is 59.3 Å². The number of carbonyl (C=O) groups excluding carboxylic acids is 1. The van der Waals surface area contributed by atoms with Gasteiger partial charge in [0, 0.05) is 19.8 Å². The number of hydrogen-bond donors (Lipinski definition) is 7. The lowest BCUT2D eigenvalue weighted by atomic mass is 10.1. The van der Waals surface area contributed by atoms with Crippen molar-refractivity contribution in [3.63, 3.8) is 0 Å². The predicted molar refractivity (Wildman–Crippen MR) is 106 cm³/mol. The van der Waals surface area contributed by atoms with Crippen molar-refractivity contribution in [2.45, 2.75) is 37.5 Å². The van der Waals surface area contributed by atoms with Gasteiger partial charge in [-0.15, -0.1) is 0 Å². The highest BCUT2D eigenvalue weighted by atomic mass is 16.5. The van der Waals surface area contributed by atoms with Gasteiger partial charge in [-0.25, -0.2) is 0 Å². The Labute approximate surface area is 184 Å². The van der Waals surface area contributed by atoms with Crippen molar-refractivity contribution in [1.29, 1.82) is 0 Å². The molecule has 3 atom stereocenters. The number of aliphatic hydroxyl groups is 3. The summed E-state index contributed by atoms with van der Waals surface area (Å²) in [5.74, 6) is -5.29. The molecule has 0 saturated heterocycles. The van der Waals surface area contributed by atoms with Gasteiger partial charge in [0.15, 0.2) is 0 Å². The summed E-state index contributed by atoms with van der Waals surface area (Å²) in [7, 11) is 0. The number of carboxylic acid groups (broad SMARTS) is 3. The third-order valence-corrected chi connectivity index (χ3v) is 3.94. The first-order valence-corrected chi connectivity index (χ1v) is 9.86. The Bertz CT molecular complexity index is 572. The SMILES string of the molecule is O=C(O)CN(CC(=O)O)C(=O)CC(NCC(O)COCCCCOCC(O)CO)C(=O)O. The maximum absolute atomic E-state index is 12.1. The van der Waals surface area contributed by atoms with Crippen LogP contribution in [0.2, 0.25) is 0 Å². The zero-order valence-corrected chi connectivity index (χ0v) is 17.6. The van der Waals surface area contributed by atoms with Gasteiger partial charge in [-0.1, -0.05) is 0 Å². The number of amides is 1. The Morgan fingerprint density at radius 1 is 0.844 bits per heavy atom. The van der Waals surface area contributed by atoms with Gasteiger partial charge in [-0.2, -0.15) is 0 Å². The molecular formula is C18H32N2O12. The highest BCUT2D eigenvalue weighted by molar-refractivity contribution is 5.88. The predicted octanol–water partition coefficient (Wildman–Crippen LogP) is -3.06. The van der Waals surface area contributed by atoms with Crippen molar-refractivity contribution in [2.24, 2.45) is 0 Å². The first-order chi connectivity index (χ1) is 15.1. The van der Waals surface area contributed by atoms with Gasteiger partial charge in [0.1, 0.15) is 25.2 Å². The fourth-order valence-electron chi connectivity index (χ4n) is 2.35. The molecule has 0 aliphatic heterocycles. The molecule has 0 spiro atoms. The molecule has 0 aromatic rings. The number of rotatable bonds is 20. The van der Waals surface area contributed by atoms with Crippen LogP contribution in [0.3, 0.4) is 0 Å². The molecule has 0 rings (SSSR count). The molecule has 14 heteroatoms. The van der Waals surface area contributed by atoms with Crippen LogP contribution in [0, 0.1) is 0 Å². The third kappa shape index (κ3) is 15.4. The zero-order chi connectivity index (χ0) is 24.5. The van der Waals surface area contributed by atoms with E-state index in [0.29, 0.717) is 31.0 Å². The van der Waals surface area contributed by atoms with Crippen LogP contribution >= 0.6 is 0 Å². The van der Waals surface area contributed by atoms with Gasteiger partial charge in [-0.05, 0) is 12.8 Å². The molecule has 0 fully saturated rings. The monoisotopic (exact) mass is 468 g/mol. The van der Waals surface area contributed by atoms with Crippen molar-refractivity contribution in [3.05, 3.63) is 0 Å². The van der Waals surface area contributed by atoms with E-state index in [1.165, 1.54) is 0 Å². The molecule has 3 unspecified atom stereocenters. The molecule has 186 valence electrons. The number of ether oxygens (including phenoxy) is 2. The van der Waals surface area contributed by atoms with Gasteiger partial charge in [0.05, 0.1) is 32.3 Å². The highest BCUT2D eigenvalue weighted by Gasteiger charge is 2.27. The normalized spacial score (nSPS) is 13.8. The zero-order valence-electron chi connectivity index (χ0n) is 17.6. The van der Waals surface area contributed by atoms with Crippen molar-refractivity contribution >= 4 is 23.8 Å². The summed E-state index contributed by atoms with van der Waals surface area (Å²) in [4.78, 5) is 45.5. The molecule has 0 aromatic carbocycles. The summed E-state index contributed by atoms with van der Waals surface area (Å²) in [6.45, 7) is -1.81. The van der Waals surface area contributed by atoms with Crippen LogP contribution < -0.4 is 5.32 Å². The van der Waals surface area contributed by atoms with Crippen LogP contribution in [0.25, 0.3) is 0 Å². The second kappa shape index (κ2) is 17.2. The smallest absolute Gasteiger partial charge is 0.323 e. The molecule has 0 aromatic heterocycles. The number of carboxylic acids is 3. The Morgan fingerprint density at radius 3 is 1.78 bits per heavy atom. The average molecular weight is 468 g/mol. The molecule has 32 heavy (non-hydrogen) atoms. The van der Waals surface area contributed by atoms with E-state index < -0.39 is 61.6 Å². The quantitative estimate of drug-likeness (QED) is 0.0883. The van der Waals surface area contributed by atoms with Gasteiger partial charge in [0.2, 0.25) is 5.91 Å². The van der Waals surface area contributed by atoms with Crippen LogP contribution in [-0.4, -0.2) is 130 Å². The fourth-order valence-corrected chi connectivity index (χ4v) is 2.35. The van der Waals surface area contributed by atoms with Crippen molar-refractivity contribution in [2.75, 3.05) is 52.7 Å². The lowest BCUT2D eigenvalue weighted by Crippen LogP contribution is -2.47. The third-order valence-electron chi connectivity index (χ3n) is 3.94. The summed E-state index contributed by atoms with van der Waals surface area (Å²) in [5.41, 5.74) is 0. The van der Waals surface area contributed by atoms with Crippen LogP contribution in [0.15, 0.2) is 0 Å². The summed E-state index contributed by atoms with van der Waals surface area (Å²) in [6.07, 6.45) is -1.48. The number of aliphatic carboxylic acids is 3. The number of unbranched alkanes of at least 4 members (excludes halogenated alkanes) is 1. The first kappa shape index (κ1) is 29.6. The van der Waals surface area contributed by atoms with Crippen LogP contribution in [0.5, 0.6) is 0 Å². The van der Waals surface area contributed by atoms with Crippen LogP contribution in [0.4, 0.5) is 0 Å². The lowest BCUT2D eigenvalue weighted by molar-refractivity contribution is -0.150. The standard InChI is InChI=1S/C18H32N2O12/c21-9-13(23)11-32-4-2-1-3-31-10-12(22)6-19-14(18(29)30)5-15(24)20(7-16(25)26)8-17(27)28/h12-14,19,21-23H,1-11H2,(H,25,26)(H,27,28)(H,29,30). The Kier molecular flexibility index (Phi) is 16.0. The number of carbonyl (C=O) groups is 4. The van der Waals surface area contributed by atoms with Gasteiger partial charge in [0.25, 0.3) is 0 Å². The number of nitrogens with zero attached hydrogens (tertiary/aromatic N) is 1. The topological polar surface area (TPSA) is 223 Å². The summed E-state index contributed by atoms with van der Waals surface area (Å²) >= 11 is 0. The summed E-state index contributed by atoms with van der Waals surface area (Å²) < 4.78 is 10.4. The second-order valence-corrected chi connectivity index (χ2v) is 6.89. The lowest BCUT2D eigenvalue weighted by Gasteiger charge is -2.22. The minimum absolute atomic E-state index is 0.0271. The second-order valence-electron chi connectivity index (χ2n) is 6.89. The molecule has 0 bridgehead atoms. The van der Waals surface area contributed by atoms with E-state index in [4.69, 9.17) is 29.9 Å². The molecule has 1 amide bonds. The van der Waals surface area contributed by atoms with Gasteiger partial charge in [-0.3, -0.25) is 19.2 Å². The number of nitrogens with one attached hydrogen (secondary N) is 1. The summed E-state index contributed by atoms with van der Waals surface area (Å²) in [6, 6.07) is -1.46. The van der Waals surface area contributed by atoms with E-state index in [9.17, 15) is 29.4 Å². The van der Waals surface area contributed by atoms with E-state index in [2.05, 4.69) is 5.32 Å². The molecule has 7 N–H and O–H groups in total. The Morgan fingerprint density at radius 2 is 1.34 bits per heavy atom. The molecular weight excluding hydrogens is 436 g/mol. The maximum atomic E-state index is 12.1. The Hall–Kier alpha value is -2.36. The average Bonchev–Trinajstić information content (AvgIpc) is 2.71. The highest BCUT2D eigenvalue weighted by Crippen LogP contribution is 2.02.